The molecule has 2 aromatic rings. The van der Waals surface area contributed by atoms with Crippen molar-refractivity contribution in [2.24, 2.45) is 17.8 Å². The Hall–Kier alpha value is -2.47. The minimum atomic E-state index is -4.86. The maximum absolute atomic E-state index is 14.3. The minimum absolute atomic E-state index is 0.230. The van der Waals surface area contributed by atoms with E-state index in [1.807, 2.05) is 0 Å². The zero-order chi connectivity index (χ0) is 26.4. The fraction of sp³-hybridized carbons (Fsp3) is 0.600. The molecule has 5 rings (SSSR count). The first-order chi connectivity index (χ1) is 17.5. The fourth-order valence-corrected chi connectivity index (χ4v) is 5.90. The van der Waals surface area contributed by atoms with Crippen LogP contribution >= 0.6 is 0 Å². The van der Waals surface area contributed by atoms with Crippen molar-refractivity contribution in [2.75, 3.05) is 38.2 Å². The van der Waals surface area contributed by atoms with Crippen LogP contribution in [0.15, 0.2) is 24.3 Å². The van der Waals surface area contributed by atoms with Gasteiger partial charge in [-0.25, -0.2) is 4.39 Å². The van der Waals surface area contributed by atoms with Crippen molar-refractivity contribution in [1.29, 1.82) is 0 Å². The van der Waals surface area contributed by atoms with E-state index in [-0.39, 0.29) is 6.04 Å². The Kier molecular flexibility index (Phi) is 7.08. The highest BCUT2D eigenvalue weighted by molar-refractivity contribution is 5.64. The van der Waals surface area contributed by atoms with Crippen LogP contribution in [0.4, 0.5) is 36.6 Å². The number of likely N-dealkylation sites (tertiary alicyclic amines) is 1. The number of hydrogen-bond acceptors (Lipinski definition) is 5. The van der Waals surface area contributed by atoms with Crippen LogP contribution in [0.1, 0.15) is 36.8 Å². The van der Waals surface area contributed by atoms with Gasteiger partial charge in [0.1, 0.15) is 11.4 Å². The Morgan fingerprint density at radius 3 is 2.22 bits per heavy atom. The number of nitrogens with one attached hydrogen (secondary N) is 1. The molecule has 3 fully saturated rings. The number of nitrogens with zero attached hydrogens (tertiary/aromatic N) is 3. The highest BCUT2D eigenvalue weighted by Crippen LogP contribution is 2.42. The summed E-state index contributed by atoms with van der Waals surface area (Å²) in [4.78, 5) is 2.45. The smallest absolute Gasteiger partial charge is 0.381 e. The van der Waals surface area contributed by atoms with Gasteiger partial charge in [-0.3, -0.25) is 0 Å². The molecule has 0 amide bonds. The summed E-state index contributed by atoms with van der Waals surface area (Å²) in [6.45, 7) is 4.42. The zero-order valence-corrected chi connectivity index (χ0v) is 19.9. The van der Waals surface area contributed by atoms with Gasteiger partial charge in [0.05, 0.1) is 11.3 Å². The lowest BCUT2D eigenvalue weighted by Crippen LogP contribution is -2.32. The lowest BCUT2D eigenvalue weighted by atomic mass is 10.00. The largest absolute Gasteiger partial charge is 0.420 e. The molecule has 0 bridgehead atoms. The highest BCUT2D eigenvalue weighted by atomic mass is 19.4. The Bertz CT molecular complexity index is 1100. The van der Waals surface area contributed by atoms with E-state index in [0.29, 0.717) is 54.9 Å². The lowest BCUT2D eigenvalue weighted by Gasteiger charge is -2.28. The number of rotatable bonds is 5. The molecule has 1 saturated carbocycles. The van der Waals surface area contributed by atoms with Gasteiger partial charge in [0, 0.05) is 44.5 Å². The van der Waals surface area contributed by atoms with Crippen molar-refractivity contribution >= 4 is 5.82 Å². The van der Waals surface area contributed by atoms with E-state index in [1.165, 1.54) is 0 Å². The summed E-state index contributed by atoms with van der Waals surface area (Å²) in [7, 11) is 0. The molecule has 3 aliphatic rings. The molecule has 2 aliphatic heterocycles. The second-order valence-electron chi connectivity index (χ2n) is 10.3. The van der Waals surface area contributed by atoms with E-state index in [4.69, 9.17) is 4.74 Å². The average Bonchev–Trinajstić information content (AvgIpc) is 3.37. The molecule has 1 aromatic carbocycles. The zero-order valence-electron chi connectivity index (χ0n) is 19.9. The van der Waals surface area contributed by atoms with Crippen LogP contribution < -0.4 is 5.32 Å². The molecule has 1 unspecified atom stereocenters. The first kappa shape index (κ1) is 26.1. The van der Waals surface area contributed by atoms with E-state index >= 15 is 0 Å². The number of anilines is 1. The van der Waals surface area contributed by atoms with Crippen molar-refractivity contribution in [1.82, 2.24) is 15.1 Å². The second-order valence-corrected chi connectivity index (χ2v) is 10.3. The molecule has 0 spiro atoms. The fourth-order valence-electron chi connectivity index (χ4n) is 5.90. The van der Waals surface area contributed by atoms with Crippen LogP contribution in [0, 0.1) is 23.6 Å². The quantitative estimate of drug-likeness (QED) is 0.489. The summed E-state index contributed by atoms with van der Waals surface area (Å²) in [5.41, 5.74) is -3.69. The first-order valence-corrected chi connectivity index (χ1v) is 12.4. The molecule has 1 N–H and O–H groups in total. The third kappa shape index (κ3) is 5.84. The van der Waals surface area contributed by atoms with Gasteiger partial charge in [-0.15, -0.1) is 10.2 Å². The van der Waals surface area contributed by atoms with Gasteiger partial charge in [-0.05, 0) is 67.7 Å². The number of aromatic nitrogens is 2. The Balaban J connectivity index is 1.29. The van der Waals surface area contributed by atoms with Crippen LogP contribution in [0.5, 0.6) is 0 Å². The Morgan fingerprint density at radius 2 is 1.59 bits per heavy atom. The van der Waals surface area contributed by atoms with Crippen molar-refractivity contribution in [3.63, 3.8) is 0 Å². The van der Waals surface area contributed by atoms with Gasteiger partial charge in [-0.1, -0.05) is 0 Å². The number of halogens is 7. The molecule has 0 radical (unpaired) electrons. The van der Waals surface area contributed by atoms with Crippen LogP contribution in [0.2, 0.25) is 0 Å². The molecule has 1 aliphatic carbocycles. The minimum Gasteiger partial charge on any atom is -0.381 e. The normalized spacial score (nSPS) is 25.4. The third-order valence-corrected chi connectivity index (χ3v) is 7.69. The van der Waals surface area contributed by atoms with Crippen molar-refractivity contribution in [3.05, 3.63) is 41.2 Å². The molecule has 3 heterocycles. The van der Waals surface area contributed by atoms with E-state index in [1.54, 1.807) is 0 Å². The van der Waals surface area contributed by atoms with E-state index < -0.39 is 46.4 Å². The number of benzene rings is 1. The van der Waals surface area contributed by atoms with Gasteiger partial charge >= 0.3 is 12.4 Å². The summed E-state index contributed by atoms with van der Waals surface area (Å²) in [5, 5.41) is 10.2. The van der Waals surface area contributed by atoms with E-state index in [0.717, 1.165) is 45.7 Å². The third-order valence-electron chi connectivity index (χ3n) is 7.69. The van der Waals surface area contributed by atoms with Gasteiger partial charge < -0.3 is 15.0 Å². The van der Waals surface area contributed by atoms with E-state index in [2.05, 4.69) is 20.4 Å². The number of ether oxygens (including phenoxy) is 1. The SMILES string of the molecule is Fc1ccc(C(F)(F)F)cc1-c1cc(C(F)(F)F)c(NC2C[C@@H]3CN(CC4CCOCC4)C[C@@H]3C2)nn1. The highest BCUT2D eigenvalue weighted by Gasteiger charge is 2.43. The number of hydrogen-bond donors (Lipinski definition) is 1. The maximum Gasteiger partial charge on any atom is 0.420 e. The molecule has 1 aromatic heterocycles. The standard InChI is InChI=1S/C25H27F7N4O/c26-21-2-1-17(24(27,28)29)9-19(21)22-10-20(25(30,31)32)23(35-34-22)33-18-7-15-12-36(13-16(15)8-18)11-14-3-5-37-6-4-14/h1-2,9-10,14-16,18H,3-8,11-13H2,(H,33,35)/t15-,16+,18?. The molecule has 202 valence electrons. The molecule has 37 heavy (non-hydrogen) atoms. The van der Waals surface area contributed by atoms with Gasteiger partial charge in [0.25, 0.3) is 0 Å². The average molecular weight is 533 g/mol. The summed E-state index contributed by atoms with van der Waals surface area (Å²) in [5.74, 6) is -0.250. The predicted molar refractivity (Wildman–Crippen MR) is 121 cm³/mol. The van der Waals surface area contributed by atoms with Gasteiger partial charge in [0.2, 0.25) is 0 Å². The molecule has 3 atom stereocenters. The molecule has 2 saturated heterocycles. The maximum atomic E-state index is 14.3. The van der Waals surface area contributed by atoms with Crippen LogP contribution in [0.3, 0.4) is 0 Å². The van der Waals surface area contributed by atoms with Crippen molar-refractivity contribution < 1.29 is 35.5 Å². The second kappa shape index (κ2) is 10.0. The topological polar surface area (TPSA) is 50.3 Å². The first-order valence-electron chi connectivity index (χ1n) is 12.4. The summed E-state index contributed by atoms with van der Waals surface area (Å²) in [6, 6.07) is 1.85. The van der Waals surface area contributed by atoms with Gasteiger partial charge in [-0.2, -0.15) is 26.3 Å². The Morgan fingerprint density at radius 1 is 0.919 bits per heavy atom. The summed E-state index contributed by atoms with van der Waals surface area (Å²) in [6.07, 6.45) is -6.16. The van der Waals surface area contributed by atoms with Gasteiger partial charge in [0.15, 0.2) is 5.82 Å². The van der Waals surface area contributed by atoms with Crippen LogP contribution in [-0.4, -0.2) is 54.0 Å². The Labute approximate surface area is 209 Å². The monoisotopic (exact) mass is 532 g/mol. The summed E-state index contributed by atoms with van der Waals surface area (Å²) < 4.78 is 101. The van der Waals surface area contributed by atoms with Crippen LogP contribution in [0.25, 0.3) is 11.3 Å². The molecular formula is C25H27F7N4O. The van der Waals surface area contributed by atoms with Crippen molar-refractivity contribution in [2.45, 2.75) is 44.1 Å². The van der Waals surface area contributed by atoms with Crippen LogP contribution in [-0.2, 0) is 17.1 Å². The number of alkyl halides is 6. The molecule has 5 nitrogen and oxygen atoms in total. The van der Waals surface area contributed by atoms with E-state index in [9.17, 15) is 30.7 Å². The number of fused-ring (bicyclic) bond motifs is 1. The molecule has 12 heteroatoms. The summed E-state index contributed by atoms with van der Waals surface area (Å²) >= 11 is 0. The molecular weight excluding hydrogens is 505 g/mol. The predicted octanol–water partition coefficient (Wildman–Crippen LogP) is 5.87. The lowest BCUT2D eigenvalue weighted by molar-refractivity contribution is -0.138. The van der Waals surface area contributed by atoms with Crippen molar-refractivity contribution in [3.8, 4) is 11.3 Å².